The summed E-state index contributed by atoms with van der Waals surface area (Å²) in [5.74, 6) is -1.90. The van der Waals surface area contributed by atoms with E-state index in [9.17, 15) is 18.8 Å². The number of fused-ring (bicyclic) bond motifs is 5. The van der Waals surface area contributed by atoms with Crippen molar-refractivity contribution in [3.8, 4) is 5.75 Å². The molecule has 2 aromatic carbocycles. The molecule has 142 valence electrons. The number of benzene rings is 2. The summed E-state index contributed by atoms with van der Waals surface area (Å²) in [7, 11) is 0. The van der Waals surface area contributed by atoms with E-state index in [0.717, 1.165) is 19.3 Å². The summed E-state index contributed by atoms with van der Waals surface area (Å²) in [6, 6.07) is 11.9. The summed E-state index contributed by atoms with van der Waals surface area (Å²) in [5, 5.41) is 0. The number of carbonyl (C=O) groups excluding carboxylic acids is 3. The number of halogens is 1. The minimum atomic E-state index is -0.870. The third-order valence-corrected chi connectivity index (χ3v) is 6.33. The maximum atomic E-state index is 13.9. The first-order chi connectivity index (χ1) is 13.6. The number of nitrogens with zero attached hydrogens (tertiary/aromatic N) is 1. The molecule has 0 radical (unpaired) electrons. The molecule has 3 aliphatic rings. The SMILES string of the molecule is O=C(Oc1ccccc1N1C(=O)[C@@H]2[C@@H]3CC[C@@H](C3)[C@@H]2C1=O)c1ccccc1F. The third kappa shape index (κ3) is 2.40. The smallest absolute Gasteiger partial charge is 0.346 e. The molecule has 2 aromatic rings. The lowest BCUT2D eigenvalue weighted by Crippen LogP contribution is -2.33. The van der Waals surface area contributed by atoms with E-state index < -0.39 is 11.8 Å². The van der Waals surface area contributed by atoms with Gasteiger partial charge in [-0.1, -0.05) is 24.3 Å². The first kappa shape index (κ1) is 17.1. The van der Waals surface area contributed by atoms with Crippen LogP contribution in [0.15, 0.2) is 48.5 Å². The van der Waals surface area contributed by atoms with Crippen LogP contribution in [0.5, 0.6) is 5.75 Å². The van der Waals surface area contributed by atoms with Crippen LogP contribution >= 0.6 is 0 Å². The summed E-state index contributed by atoms with van der Waals surface area (Å²) in [4.78, 5) is 39.7. The number of hydrogen-bond donors (Lipinski definition) is 0. The van der Waals surface area contributed by atoms with Gasteiger partial charge in [0.15, 0.2) is 5.75 Å². The van der Waals surface area contributed by atoms with Gasteiger partial charge < -0.3 is 4.74 Å². The van der Waals surface area contributed by atoms with Crippen molar-refractivity contribution in [1.29, 1.82) is 0 Å². The van der Waals surface area contributed by atoms with E-state index in [-0.39, 0.29) is 52.5 Å². The van der Waals surface area contributed by atoms with E-state index in [2.05, 4.69) is 0 Å². The van der Waals surface area contributed by atoms with Gasteiger partial charge in [-0.25, -0.2) is 14.1 Å². The molecule has 5 nitrogen and oxygen atoms in total. The number of anilines is 1. The molecule has 0 unspecified atom stereocenters. The molecule has 28 heavy (non-hydrogen) atoms. The number of para-hydroxylation sites is 2. The first-order valence-electron chi connectivity index (χ1n) is 9.50. The standard InChI is InChI=1S/C22H18FNO4/c23-15-6-2-1-5-14(15)22(27)28-17-8-4-3-7-16(17)24-20(25)18-12-9-10-13(11-12)19(18)21(24)26/h1-8,12-13,18-19H,9-11H2/t12-,13+,18-,19+. The van der Waals surface area contributed by atoms with Crippen molar-refractivity contribution in [2.24, 2.45) is 23.7 Å². The zero-order valence-electron chi connectivity index (χ0n) is 15.0. The molecule has 0 spiro atoms. The van der Waals surface area contributed by atoms with E-state index in [1.807, 2.05) is 0 Å². The highest BCUT2D eigenvalue weighted by Gasteiger charge is 2.61. The number of carbonyl (C=O) groups is 3. The Balaban J connectivity index is 1.48. The Morgan fingerprint density at radius 3 is 2.21 bits per heavy atom. The van der Waals surface area contributed by atoms with Crippen molar-refractivity contribution >= 4 is 23.5 Å². The van der Waals surface area contributed by atoms with Crippen molar-refractivity contribution in [2.75, 3.05) is 4.90 Å². The van der Waals surface area contributed by atoms with E-state index in [1.165, 1.54) is 35.2 Å². The van der Waals surface area contributed by atoms with E-state index in [0.29, 0.717) is 0 Å². The van der Waals surface area contributed by atoms with Gasteiger partial charge in [-0.2, -0.15) is 0 Å². The summed E-state index contributed by atoms with van der Waals surface area (Å²) in [6.45, 7) is 0. The number of rotatable bonds is 3. The molecule has 4 atom stereocenters. The molecule has 1 saturated heterocycles. The van der Waals surface area contributed by atoms with Gasteiger partial charge in [0.05, 0.1) is 23.1 Å². The minimum absolute atomic E-state index is 0.0739. The third-order valence-electron chi connectivity index (χ3n) is 6.33. The average molecular weight is 379 g/mol. The average Bonchev–Trinajstić information content (AvgIpc) is 3.37. The van der Waals surface area contributed by atoms with Crippen molar-refractivity contribution in [2.45, 2.75) is 19.3 Å². The molecule has 0 aromatic heterocycles. The Labute approximate surface area is 161 Å². The van der Waals surface area contributed by atoms with Crippen molar-refractivity contribution in [3.63, 3.8) is 0 Å². The molecule has 1 heterocycles. The lowest BCUT2D eigenvalue weighted by Gasteiger charge is -2.20. The molecule has 3 fully saturated rings. The Kier molecular flexibility index (Phi) is 3.82. The van der Waals surface area contributed by atoms with Gasteiger partial charge in [0.1, 0.15) is 5.82 Å². The van der Waals surface area contributed by atoms with E-state index in [1.54, 1.807) is 18.2 Å². The number of ether oxygens (including phenoxy) is 1. The summed E-state index contributed by atoms with van der Waals surface area (Å²) in [5.41, 5.74) is 0.0438. The second kappa shape index (κ2) is 6.26. The van der Waals surface area contributed by atoms with Gasteiger partial charge in [0.2, 0.25) is 11.8 Å². The highest BCUT2D eigenvalue weighted by atomic mass is 19.1. The zero-order valence-corrected chi connectivity index (χ0v) is 15.0. The van der Waals surface area contributed by atoms with Gasteiger partial charge in [0, 0.05) is 0 Å². The Hall–Kier alpha value is -3.02. The second-order valence-corrected chi connectivity index (χ2v) is 7.73. The number of hydrogen-bond acceptors (Lipinski definition) is 4. The molecule has 5 rings (SSSR count). The summed E-state index contributed by atoms with van der Waals surface area (Å²) in [6.07, 6.45) is 2.93. The Morgan fingerprint density at radius 2 is 1.54 bits per heavy atom. The summed E-state index contributed by atoms with van der Waals surface area (Å²) < 4.78 is 19.3. The zero-order chi connectivity index (χ0) is 19.4. The fourth-order valence-corrected chi connectivity index (χ4v) is 5.16. The van der Waals surface area contributed by atoms with Crippen LogP contribution in [0.4, 0.5) is 10.1 Å². The molecule has 2 saturated carbocycles. The van der Waals surface area contributed by atoms with Gasteiger partial charge in [-0.05, 0) is 55.4 Å². The largest absolute Gasteiger partial charge is 0.421 e. The maximum Gasteiger partial charge on any atom is 0.346 e. The highest BCUT2D eigenvalue weighted by Crippen LogP contribution is 2.57. The van der Waals surface area contributed by atoms with Crippen molar-refractivity contribution in [1.82, 2.24) is 0 Å². The Morgan fingerprint density at radius 1 is 0.929 bits per heavy atom. The highest BCUT2D eigenvalue weighted by molar-refractivity contribution is 6.23. The molecule has 2 aliphatic carbocycles. The monoisotopic (exact) mass is 379 g/mol. The fourth-order valence-electron chi connectivity index (χ4n) is 5.16. The van der Waals surface area contributed by atoms with Crippen molar-refractivity contribution < 1.29 is 23.5 Å². The number of amides is 2. The minimum Gasteiger partial charge on any atom is -0.421 e. The van der Waals surface area contributed by atoms with Crippen LogP contribution in [0.3, 0.4) is 0 Å². The van der Waals surface area contributed by atoms with Crippen LogP contribution in [0.2, 0.25) is 0 Å². The van der Waals surface area contributed by atoms with Crippen LogP contribution < -0.4 is 9.64 Å². The van der Waals surface area contributed by atoms with Gasteiger partial charge in [-0.3, -0.25) is 9.59 Å². The van der Waals surface area contributed by atoms with Crippen LogP contribution in [-0.2, 0) is 9.59 Å². The lowest BCUT2D eigenvalue weighted by atomic mass is 9.81. The van der Waals surface area contributed by atoms with Gasteiger partial charge in [-0.15, -0.1) is 0 Å². The molecule has 1 aliphatic heterocycles. The van der Waals surface area contributed by atoms with Gasteiger partial charge >= 0.3 is 5.97 Å². The Bertz CT molecular complexity index is 976. The topological polar surface area (TPSA) is 63.7 Å². The number of esters is 1. The van der Waals surface area contributed by atoms with Gasteiger partial charge in [0.25, 0.3) is 0 Å². The van der Waals surface area contributed by atoms with Crippen LogP contribution in [0, 0.1) is 29.5 Å². The number of imide groups is 1. The molecular weight excluding hydrogens is 361 g/mol. The molecular formula is C22H18FNO4. The molecule has 2 bridgehead atoms. The van der Waals surface area contributed by atoms with Crippen LogP contribution in [-0.4, -0.2) is 17.8 Å². The predicted molar refractivity (Wildman–Crippen MR) is 98.1 cm³/mol. The lowest BCUT2D eigenvalue weighted by molar-refractivity contribution is -0.123. The fraction of sp³-hybridized carbons (Fsp3) is 0.318. The van der Waals surface area contributed by atoms with E-state index in [4.69, 9.17) is 4.74 Å². The van der Waals surface area contributed by atoms with Crippen LogP contribution in [0.25, 0.3) is 0 Å². The van der Waals surface area contributed by atoms with Crippen molar-refractivity contribution in [3.05, 3.63) is 59.9 Å². The van der Waals surface area contributed by atoms with E-state index >= 15 is 0 Å². The second-order valence-electron chi connectivity index (χ2n) is 7.73. The summed E-state index contributed by atoms with van der Waals surface area (Å²) >= 11 is 0. The molecule has 2 amide bonds. The maximum absolute atomic E-state index is 13.9. The predicted octanol–water partition coefficient (Wildman–Crippen LogP) is 3.58. The van der Waals surface area contributed by atoms with Crippen LogP contribution in [0.1, 0.15) is 29.6 Å². The quantitative estimate of drug-likeness (QED) is 0.465. The normalized spacial score (nSPS) is 28.0. The first-order valence-corrected chi connectivity index (χ1v) is 9.50. The molecule has 0 N–H and O–H groups in total. The molecule has 6 heteroatoms.